The smallest absolute Gasteiger partial charge is 1.00 e. The third kappa shape index (κ3) is 3.66. The number of rotatable bonds is 4. The van der Waals surface area contributed by atoms with Crippen molar-refractivity contribution in [3.63, 3.8) is 0 Å². The van der Waals surface area contributed by atoms with Crippen LogP contribution in [0.1, 0.15) is 32.7 Å². The molecule has 0 bridgehead atoms. The van der Waals surface area contributed by atoms with Gasteiger partial charge in [-0.2, -0.15) is 0 Å². The quantitative estimate of drug-likeness (QED) is 0.832. The molecule has 1 aliphatic rings. The molecule has 0 heterocycles. The van der Waals surface area contributed by atoms with E-state index in [1.54, 1.807) is 7.11 Å². The highest BCUT2D eigenvalue weighted by molar-refractivity contribution is 5.33. The molecule has 1 saturated carbocycles. The van der Waals surface area contributed by atoms with E-state index < -0.39 is 5.60 Å². The largest absolute Gasteiger partial charge is 1.00 e. The summed E-state index contributed by atoms with van der Waals surface area (Å²) in [6, 6.07) is 7.90. The number of methoxy groups -OCH3 is 1. The van der Waals surface area contributed by atoms with Gasteiger partial charge in [0.15, 0.2) is 0 Å². The van der Waals surface area contributed by atoms with Crippen molar-refractivity contribution in [3.8, 4) is 5.75 Å². The maximum absolute atomic E-state index is 11.2. The molecule has 1 fully saturated rings. The number of hydrogen-bond donors (Lipinski definition) is 1. The molecule has 3 nitrogen and oxygen atoms in total. The lowest BCUT2D eigenvalue weighted by molar-refractivity contribution is -0.0619. The van der Waals surface area contributed by atoms with Crippen molar-refractivity contribution in [2.24, 2.45) is 5.92 Å². The van der Waals surface area contributed by atoms with Crippen LogP contribution < -0.4 is 17.1 Å². The van der Waals surface area contributed by atoms with Crippen molar-refractivity contribution >= 4 is 0 Å². The summed E-state index contributed by atoms with van der Waals surface area (Å²) in [6.45, 7) is 0.924. The van der Waals surface area contributed by atoms with E-state index in [0.29, 0.717) is 5.92 Å². The van der Waals surface area contributed by atoms with Gasteiger partial charge in [-0.25, -0.2) is 0 Å². The van der Waals surface area contributed by atoms with Gasteiger partial charge in [0.1, 0.15) is 5.75 Å². The number of nitrogens with zero attached hydrogens (tertiary/aromatic N) is 1. The Hall–Kier alpha value is -0.770. The molecule has 0 amide bonds. The van der Waals surface area contributed by atoms with Crippen molar-refractivity contribution in [2.75, 3.05) is 27.7 Å². The minimum absolute atomic E-state index is 0. The first-order valence-corrected chi connectivity index (χ1v) is 7.08. The van der Waals surface area contributed by atoms with Crippen LogP contribution in [0.5, 0.6) is 5.75 Å². The Kier molecular flexibility index (Phi) is 6.31. The Morgan fingerprint density at radius 1 is 1.40 bits per heavy atom. The van der Waals surface area contributed by atoms with Gasteiger partial charge >= 0.3 is 1.43 Å². The molecule has 0 aliphatic heterocycles. The Morgan fingerprint density at radius 3 is 2.80 bits per heavy atom. The van der Waals surface area contributed by atoms with Gasteiger partial charge in [-0.1, -0.05) is 25.0 Å². The van der Waals surface area contributed by atoms with Crippen molar-refractivity contribution in [1.29, 1.82) is 0 Å². The second-order valence-corrected chi connectivity index (χ2v) is 5.86. The van der Waals surface area contributed by atoms with Gasteiger partial charge in [-0.05, 0) is 44.6 Å². The van der Waals surface area contributed by atoms with Crippen LogP contribution in [0.4, 0.5) is 0 Å². The minimum atomic E-state index is -0.711. The van der Waals surface area contributed by atoms with Crippen molar-refractivity contribution < 1.29 is 23.7 Å². The fourth-order valence-corrected chi connectivity index (χ4v) is 3.18. The van der Waals surface area contributed by atoms with E-state index in [0.717, 1.165) is 37.1 Å². The van der Waals surface area contributed by atoms with Crippen LogP contribution in [0.3, 0.4) is 0 Å². The van der Waals surface area contributed by atoms with Crippen LogP contribution in [0.2, 0.25) is 0 Å². The summed E-state index contributed by atoms with van der Waals surface area (Å²) in [5.41, 5.74) is 0.287. The zero-order valence-corrected chi connectivity index (χ0v) is 13.4. The zero-order chi connectivity index (χ0) is 13.9. The first-order valence-electron chi connectivity index (χ1n) is 7.08. The molecule has 0 saturated heterocycles. The van der Waals surface area contributed by atoms with Gasteiger partial charge in [-0.3, -0.25) is 0 Å². The topological polar surface area (TPSA) is 32.7 Å². The van der Waals surface area contributed by atoms with Gasteiger partial charge in [0.05, 0.1) is 12.7 Å². The van der Waals surface area contributed by atoms with Gasteiger partial charge in [-0.15, -0.1) is 0 Å². The average Bonchev–Trinajstić information content (AvgIpc) is 2.41. The summed E-state index contributed by atoms with van der Waals surface area (Å²) in [5.74, 6) is 1.11. The third-order valence-corrected chi connectivity index (χ3v) is 4.19. The monoisotopic (exact) mass is 299 g/mol. The summed E-state index contributed by atoms with van der Waals surface area (Å²) < 4.78 is 5.29. The summed E-state index contributed by atoms with van der Waals surface area (Å²) >= 11 is 0. The van der Waals surface area contributed by atoms with Crippen molar-refractivity contribution in [1.82, 2.24) is 4.90 Å². The molecule has 1 N–H and O–H groups in total. The first kappa shape index (κ1) is 17.3. The van der Waals surface area contributed by atoms with E-state index in [9.17, 15) is 5.11 Å². The number of aliphatic hydroxyl groups is 1. The summed E-state index contributed by atoms with van der Waals surface area (Å²) in [6.07, 6.45) is 4.24. The van der Waals surface area contributed by atoms with Crippen molar-refractivity contribution in [3.05, 3.63) is 29.8 Å². The Balaban J connectivity index is 0.00000200. The van der Waals surface area contributed by atoms with Crippen LogP contribution in [-0.4, -0.2) is 37.8 Å². The van der Waals surface area contributed by atoms with Gasteiger partial charge in [0.25, 0.3) is 0 Å². The van der Waals surface area contributed by atoms with Gasteiger partial charge < -0.3 is 27.2 Å². The highest BCUT2D eigenvalue weighted by atomic mass is 35.5. The molecule has 1 aromatic rings. The van der Waals surface area contributed by atoms with Gasteiger partial charge in [0.2, 0.25) is 0 Å². The molecule has 1 aromatic carbocycles. The van der Waals surface area contributed by atoms with E-state index in [1.165, 1.54) is 6.42 Å². The van der Waals surface area contributed by atoms with Crippen LogP contribution in [0.25, 0.3) is 0 Å². The predicted octanol–water partition coefficient (Wildman–Crippen LogP) is -0.249. The van der Waals surface area contributed by atoms with Crippen LogP contribution in [0.15, 0.2) is 24.3 Å². The molecule has 0 aromatic heterocycles. The second-order valence-electron chi connectivity index (χ2n) is 5.86. The van der Waals surface area contributed by atoms with E-state index in [1.807, 2.05) is 24.3 Å². The highest BCUT2D eigenvalue weighted by Gasteiger charge is 2.40. The average molecular weight is 300 g/mol. The number of halogens is 1. The second kappa shape index (κ2) is 7.30. The molecule has 2 rings (SSSR count). The van der Waals surface area contributed by atoms with Crippen LogP contribution in [-0.2, 0) is 5.60 Å². The third-order valence-electron chi connectivity index (χ3n) is 4.19. The summed E-state index contributed by atoms with van der Waals surface area (Å²) in [7, 11) is 5.81. The Bertz CT molecular complexity index is 430. The number of hydrogen-bond acceptors (Lipinski definition) is 3. The number of benzene rings is 1. The van der Waals surface area contributed by atoms with Crippen LogP contribution in [0, 0.1) is 5.92 Å². The molecule has 0 radical (unpaired) electrons. The lowest BCUT2D eigenvalue weighted by Gasteiger charge is -2.41. The fraction of sp³-hybridized carbons (Fsp3) is 0.625. The summed E-state index contributed by atoms with van der Waals surface area (Å²) in [5, 5.41) is 11.2. The Morgan fingerprint density at radius 2 is 2.15 bits per heavy atom. The minimum Gasteiger partial charge on any atom is -1.00 e. The molecule has 0 unspecified atom stereocenters. The lowest BCUT2D eigenvalue weighted by Crippen LogP contribution is -3.00. The van der Waals surface area contributed by atoms with Gasteiger partial charge in [0, 0.05) is 12.5 Å². The molecule has 2 atom stereocenters. The highest BCUT2D eigenvalue weighted by Crippen LogP contribution is 2.42. The zero-order valence-electron chi connectivity index (χ0n) is 13.6. The van der Waals surface area contributed by atoms with Crippen molar-refractivity contribution in [2.45, 2.75) is 31.3 Å². The molecule has 20 heavy (non-hydrogen) atoms. The fourth-order valence-electron chi connectivity index (χ4n) is 3.18. The SMILES string of the molecule is COc1cccc([C@@]2(O)CCCC[C@H]2CN(C)C)c1.[Cl-].[H+]. The Labute approximate surface area is 129 Å². The molecular formula is C16H26ClNO2. The van der Waals surface area contributed by atoms with Crippen LogP contribution >= 0.6 is 0 Å². The predicted molar refractivity (Wildman–Crippen MR) is 78.5 cm³/mol. The molecule has 4 heteroatoms. The maximum atomic E-state index is 11.2. The molecule has 1 aliphatic carbocycles. The molecular weight excluding hydrogens is 274 g/mol. The lowest BCUT2D eigenvalue weighted by atomic mass is 9.71. The normalized spacial score (nSPS) is 26.1. The summed E-state index contributed by atoms with van der Waals surface area (Å²) in [4.78, 5) is 2.17. The molecule has 0 spiro atoms. The maximum Gasteiger partial charge on any atom is 1.00 e. The van der Waals surface area contributed by atoms with E-state index in [2.05, 4.69) is 19.0 Å². The van der Waals surface area contributed by atoms with E-state index in [4.69, 9.17) is 4.74 Å². The number of ether oxygens (including phenoxy) is 1. The van der Waals surface area contributed by atoms with E-state index in [-0.39, 0.29) is 13.8 Å². The molecule has 114 valence electrons. The first-order chi connectivity index (χ1) is 9.06. The van der Waals surface area contributed by atoms with E-state index >= 15 is 0 Å². The standard InChI is InChI=1S/C16H25NO2.ClH/c1-17(2)12-14-7-4-5-10-16(14,18)13-8-6-9-15(11-13)19-3;/h6,8-9,11,14,18H,4-5,7,10,12H2,1-3H3;1H/t14-,16-;/m0./s1.